The standard InChI is InChI=1S/C4H2BrClN2O/c5-2-3(6)7-1-8-4(2)9/h1-2H. The van der Waals surface area contributed by atoms with Crippen LogP contribution in [0.4, 0.5) is 0 Å². The Morgan fingerprint density at radius 1 is 1.78 bits per heavy atom. The second-order valence-corrected chi connectivity index (χ2v) is 2.70. The topological polar surface area (TPSA) is 41.8 Å². The van der Waals surface area contributed by atoms with E-state index >= 15 is 0 Å². The third kappa shape index (κ3) is 1.37. The first-order valence-electron chi connectivity index (χ1n) is 2.15. The fourth-order valence-corrected chi connectivity index (χ4v) is 0.747. The van der Waals surface area contributed by atoms with Crippen molar-refractivity contribution in [2.24, 2.45) is 9.98 Å². The van der Waals surface area contributed by atoms with Gasteiger partial charge in [0.25, 0.3) is 5.91 Å². The van der Waals surface area contributed by atoms with Crippen molar-refractivity contribution in [1.82, 2.24) is 0 Å². The lowest BCUT2D eigenvalue weighted by Crippen LogP contribution is -2.21. The molecule has 9 heavy (non-hydrogen) atoms. The Kier molecular flexibility index (Phi) is 1.97. The Bertz CT molecular complexity index is 201. The highest BCUT2D eigenvalue weighted by Gasteiger charge is 2.20. The molecule has 3 nitrogen and oxygen atoms in total. The van der Waals surface area contributed by atoms with E-state index in [1.165, 1.54) is 0 Å². The lowest BCUT2D eigenvalue weighted by molar-refractivity contribution is -0.116. The van der Waals surface area contributed by atoms with Crippen LogP contribution in [0.1, 0.15) is 0 Å². The van der Waals surface area contributed by atoms with Crippen LogP contribution in [0.25, 0.3) is 0 Å². The Hall–Kier alpha value is -0.220. The van der Waals surface area contributed by atoms with Crippen LogP contribution in [-0.4, -0.2) is 22.2 Å². The second kappa shape index (κ2) is 2.58. The van der Waals surface area contributed by atoms with E-state index in [2.05, 4.69) is 25.9 Å². The third-order valence-electron chi connectivity index (χ3n) is 0.792. The summed E-state index contributed by atoms with van der Waals surface area (Å²) in [4.78, 5) is 17.0. The van der Waals surface area contributed by atoms with E-state index in [4.69, 9.17) is 11.6 Å². The number of amides is 1. The van der Waals surface area contributed by atoms with Crippen LogP contribution < -0.4 is 0 Å². The summed E-state index contributed by atoms with van der Waals surface area (Å²) in [6.45, 7) is 0. The van der Waals surface area contributed by atoms with Gasteiger partial charge in [0, 0.05) is 0 Å². The molecule has 0 radical (unpaired) electrons. The van der Waals surface area contributed by atoms with Gasteiger partial charge in [-0.15, -0.1) is 0 Å². The molecule has 1 aliphatic rings. The summed E-state index contributed by atoms with van der Waals surface area (Å²) in [5.74, 6) is -0.310. The van der Waals surface area contributed by atoms with Crippen molar-refractivity contribution in [2.45, 2.75) is 4.83 Å². The number of alkyl halides is 1. The minimum Gasteiger partial charge on any atom is -0.271 e. The summed E-state index contributed by atoms with van der Waals surface area (Å²) >= 11 is 8.45. The zero-order chi connectivity index (χ0) is 6.85. The first kappa shape index (κ1) is 6.89. The van der Waals surface area contributed by atoms with Gasteiger partial charge in [0.05, 0.1) is 0 Å². The van der Waals surface area contributed by atoms with Crippen LogP contribution in [0.5, 0.6) is 0 Å². The summed E-state index contributed by atoms with van der Waals surface area (Å²) in [6.07, 6.45) is 1.14. The van der Waals surface area contributed by atoms with Gasteiger partial charge >= 0.3 is 0 Å². The van der Waals surface area contributed by atoms with Crippen LogP contribution >= 0.6 is 27.5 Å². The van der Waals surface area contributed by atoms with Crippen LogP contribution in [0.3, 0.4) is 0 Å². The first-order chi connectivity index (χ1) is 4.22. The summed E-state index contributed by atoms with van der Waals surface area (Å²) in [5, 5.41) is 0.231. The van der Waals surface area contributed by atoms with Gasteiger partial charge in [-0.25, -0.2) is 9.98 Å². The lowest BCUT2D eigenvalue weighted by Gasteiger charge is -2.03. The molecule has 0 N–H and O–H groups in total. The molecular formula is C4H2BrClN2O. The molecule has 0 aromatic heterocycles. The maximum Gasteiger partial charge on any atom is 0.267 e. The Labute approximate surface area is 65.0 Å². The summed E-state index contributed by atoms with van der Waals surface area (Å²) in [5.41, 5.74) is 0. The predicted octanol–water partition coefficient (Wildman–Crippen LogP) is 0.956. The van der Waals surface area contributed by atoms with Crippen molar-refractivity contribution < 1.29 is 4.79 Å². The molecule has 1 aliphatic heterocycles. The van der Waals surface area contributed by atoms with Gasteiger partial charge in [-0.3, -0.25) is 4.79 Å². The zero-order valence-corrected chi connectivity index (χ0v) is 6.56. The fraction of sp³-hybridized carbons (Fsp3) is 0.250. The van der Waals surface area contributed by atoms with Gasteiger partial charge in [0.1, 0.15) is 16.3 Å². The van der Waals surface area contributed by atoms with Crippen LogP contribution in [0, 0.1) is 0 Å². The highest BCUT2D eigenvalue weighted by Crippen LogP contribution is 2.10. The molecule has 1 amide bonds. The minimum absolute atomic E-state index is 0.231. The van der Waals surface area contributed by atoms with Crippen molar-refractivity contribution in [1.29, 1.82) is 0 Å². The van der Waals surface area contributed by atoms with Gasteiger partial charge in [-0.05, 0) is 0 Å². The second-order valence-electron chi connectivity index (χ2n) is 1.40. The molecule has 0 bridgehead atoms. The molecule has 1 heterocycles. The predicted molar refractivity (Wildman–Crippen MR) is 39.5 cm³/mol. The molecular weight excluding hydrogens is 207 g/mol. The number of rotatable bonds is 0. The Morgan fingerprint density at radius 3 is 2.89 bits per heavy atom. The van der Waals surface area contributed by atoms with Crippen molar-refractivity contribution in [2.75, 3.05) is 0 Å². The molecule has 0 aromatic rings. The first-order valence-corrected chi connectivity index (χ1v) is 3.45. The van der Waals surface area contributed by atoms with E-state index in [9.17, 15) is 4.79 Å². The van der Waals surface area contributed by atoms with Gasteiger partial charge in [0.2, 0.25) is 0 Å². The van der Waals surface area contributed by atoms with E-state index in [-0.39, 0.29) is 11.1 Å². The van der Waals surface area contributed by atoms with Gasteiger partial charge in [-0.2, -0.15) is 0 Å². The molecule has 1 unspecified atom stereocenters. The van der Waals surface area contributed by atoms with Crippen molar-refractivity contribution >= 4 is 44.9 Å². The van der Waals surface area contributed by atoms with Crippen molar-refractivity contribution in [3.63, 3.8) is 0 Å². The van der Waals surface area contributed by atoms with Crippen molar-refractivity contribution in [3.8, 4) is 0 Å². The Balaban J connectivity index is 2.86. The monoisotopic (exact) mass is 208 g/mol. The SMILES string of the molecule is O=C1N=CN=C(Cl)C1Br. The number of aliphatic imine (C=N–C) groups is 2. The number of carbonyl (C=O) groups excluding carboxylic acids is 1. The minimum atomic E-state index is -0.538. The van der Waals surface area contributed by atoms with E-state index < -0.39 is 4.83 Å². The van der Waals surface area contributed by atoms with Gasteiger partial charge < -0.3 is 0 Å². The number of hydrogen-bond donors (Lipinski definition) is 0. The number of halogens is 2. The van der Waals surface area contributed by atoms with E-state index in [0.717, 1.165) is 6.34 Å². The van der Waals surface area contributed by atoms with Gasteiger partial charge in [-0.1, -0.05) is 27.5 Å². The highest BCUT2D eigenvalue weighted by atomic mass is 79.9. The molecule has 0 saturated heterocycles. The van der Waals surface area contributed by atoms with Crippen LogP contribution in [0.15, 0.2) is 9.98 Å². The molecule has 0 fully saturated rings. The number of nitrogens with zero attached hydrogens (tertiary/aromatic N) is 2. The Morgan fingerprint density at radius 2 is 2.44 bits per heavy atom. The molecule has 5 heteroatoms. The maximum atomic E-state index is 10.6. The molecule has 0 spiro atoms. The number of hydrogen-bond acceptors (Lipinski definition) is 2. The lowest BCUT2D eigenvalue weighted by atomic mass is 10.4. The smallest absolute Gasteiger partial charge is 0.267 e. The average Bonchev–Trinajstić information content (AvgIpc) is 1.83. The van der Waals surface area contributed by atoms with E-state index in [1.807, 2.05) is 0 Å². The molecule has 1 atom stereocenters. The summed E-state index contributed by atoms with van der Waals surface area (Å²) < 4.78 is 0. The number of carbonyl (C=O) groups is 1. The molecule has 1 rings (SSSR count). The molecule has 48 valence electrons. The zero-order valence-electron chi connectivity index (χ0n) is 4.21. The van der Waals surface area contributed by atoms with Crippen LogP contribution in [0.2, 0.25) is 0 Å². The van der Waals surface area contributed by atoms with Crippen LogP contribution in [-0.2, 0) is 4.79 Å². The maximum absolute atomic E-state index is 10.6. The highest BCUT2D eigenvalue weighted by molar-refractivity contribution is 9.10. The normalized spacial score (nSPS) is 26.2. The average molecular weight is 209 g/mol. The largest absolute Gasteiger partial charge is 0.271 e. The molecule has 0 saturated carbocycles. The van der Waals surface area contributed by atoms with Gasteiger partial charge in [0.15, 0.2) is 0 Å². The summed E-state index contributed by atoms with van der Waals surface area (Å²) in [6, 6.07) is 0. The summed E-state index contributed by atoms with van der Waals surface area (Å²) in [7, 11) is 0. The van der Waals surface area contributed by atoms with E-state index in [0.29, 0.717) is 0 Å². The van der Waals surface area contributed by atoms with E-state index in [1.54, 1.807) is 0 Å². The quantitative estimate of drug-likeness (QED) is 0.548. The van der Waals surface area contributed by atoms with Crippen molar-refractivity contribution in [3.05, 3.63) is 0 Å². The molecule has 0 aliphatic carbocycles. The molecule has 0 aromatic carbocycles. The fourth-order valence-electron chi connectivity index (χ4n) is 0.374. The third-order valence-corrected chi connectivity index (χ3v) is 2.20.